The summed E-state index contributed by atoms with van der Waals surface area (Å²) in [5.41, 5.74) is 1.50. The van der Waals surface area contributed by atoms with Crippen molar-refractivity contribution in [3.8, 4) is 6.07 Å². The SMILES string of the molecule is CN(c1ccccc1)S(=O)(=O)Cc1ccccc1C#N. The van der Waals surface area contributed by atoms with E-state index in [0.29, 0.717) is 16.8 Å². The minimum Gasteiger partial charge on any atom is -0.273 e. The number of rotatable bonds is 4. The maximum Gasteiger partial charge on any atom is 0.239 e. The third-order valence-corrected chi connectivity index (χ3v) is 4.73. The molecule has 0 heterocycles. The number of benzene rings is 2. The van der Waals surface area contributed by atoms with E-state index >= 15 is 0 Å². The average molecular weight is 286 g/mol. The summed E-state index contributed by atoms with van der Waals surface area (Å²) in [7, 11) is -2.00. The summed E-state index contributed by atoms with van der Waals surface area (Å²) >= 11 is 0. The van der Waals surface area contributed by atoms with E-state index in [-0.39, 0.29) is 5.75 Å². The molecule has 0 bridgehead atoms. The summed E-state index contributed by atoms with van der Waals surface area (Å²) in [4.78, 5) is 0. The molecule has 0 radical (unpaired) electrons. The van der Waals surface area contributed by atoms with Crippen molar-refractivity contribution in [2.75, 3.05) is 11.4 Å². The maximum atomic E-state index is 12.4. The molecule has 5 heteroatoms. The van der Waals surface area contributed by atoms with E-state index in [4.69, 9.17) is 5.26 Å². The molecule has 0 saturated carbocycles. The third-order valence-electron chi connectivity index (χ3n) is 3.01. The molecule has 2 aromatic carbocycles. The molecule has 0 atom stereocenters. The van der Waals surface area contributed by atoms with Crippen molar-refractivity contribution in [1.29, 1.82) is 5.26 Å². The zero-order valence-electron chi connectivity index (χ0n) is 11.0. The molecule has 20 heavy (non-hydrogen) atoms. The second kappa shape index (κ2) is 5.76. The van der Waals surface area contributed by atoms with Crippen molar-refractivity contribution in [3.05, 3.63) is 65.7 Å². The topological polar surface area (TPSA) is 61.2 Å². The van der Waals surface area contributed by atoms with Crippen molar-refractivity contribution in [2.45, 2.75) is 5.75 Å². The largest absolute Gasteiger partial charge is 0.273 e. The van der Waals surface area contributed by atoms with Gasteiger partial charge in [0, 0.05) is 7.05 Å². The van der Waals surface area contributed by atoms with Crippen LogP contribution in [0.4, 0.5) is 5.69 Å². The van der Waals surface area contributed by atoms with Crippen LogP contribution in [0.3, 0.4) is 0 Å². The van der Waals surface area contributed by atoms with Gasteiger partial charge in [-0.05, 0) is 23.8 Å². The molecule has 2 rings (SSSR count). The van der Waals surface area contributed by atoms with Crippen LogP contribution >= 0.6 is 0 Å². The molecule has 0 aliphatic rings. The second-order valence-corrected chi connectivity index (χ2v) is 6.33. The second-order valence-electron chi connectivity index (χ2n) is 4.33. The summed E-state index contributed by atoms with van der Waals surface area (Å²) in [6.07, 6.45) is 0. The molecule has 4 nitrogen and oxygen atoms in total. The van der Waals surface area contributed by atoms with E-state index in [0.717, 1.165) is 0 Å². The quantitative estimate of drug-likeness (QED) is 0.867. The monoisotopic (exact) mass is 286 g/mol. The molecule has 0 N–H and O–H groups in total. The molecule has 102 valence electrons. The minimum absolute atomic E-state index is 0.192. The highest BCUT2D eigenvalue weighted by Gasteiger charge is 2.20. The number of anilines is 1. The number of nitriles is 1. The molecule has 0 aliphatic heterocycles. The molecule has 0 spiro atoms. The summed E-state index contributed by atoms with van der Waals surface area (Å²) in [5.74, 6) is -0.192. The lowest BCUT2D eigenvalue weighted by molar-refractivity contribution is 0.593. The predicted octanol–water partition coefficient (Wildman–Crippen LogP) is 2.52. The van der Waals surface area contributed by atoms with Gasteiger partial charge in [-0.3, -0.25) is 4.31 Å². The molecule has 0 aliphatic carbocycles. The fourth-order valence-electron chi connectivity index (χ4n) is 1.85. The number of hydrogen-bond donors (Lipinski definition) is 0. The number of hydrogen-bond acceptors (Lipinski definition) is 3. The first-order valence-corrected chi connectivity index (χ1v) is 7.65. The van der Waals surface area contributed by atoms with Crippen LogP contribution in [0.1, 0.15) is 11.1 Å². The van der Waals surface area contributed by atoms with E-state index in [1.54, 1.807) is 48.5 Å². The molecular weight excluding hydrogens is 272 g/mol. The van der Waals surface area contributed by atoms with Gasteiger partial charge in [0.15, 0.2) is 0 Å². The maximum absolute atomic E-state index is 12.4. The molecule has 0 fully saturated rings. The Labute approximate surface area is 118 Å². The summed E-state index contributed by atoms with van der Waals surface area (Å²) in [5, 5.41) is 9.01. The van der Waals surface area contributed by atoms with E-state index in [2.05, 4.69) is 0 Å². The highest BCUT2D eigenvalue weighted by molar-refractivity contribution is 7.92. The lowest BCUT2D eigenvalue weighted by Crippen LogP contribution is -2.28. The highest BCUT2D eigenvalue weighted by atomic mass is 32.2. The van der Waals surface area contributed by atoms with Gasteiger partial charge >= 0.3 is 0 Å². The zero-order valence-corrected chi connectivity index (χ0v) is 11.8. The smallest absolute Gasteiger partial charge is 0.239 e. The Morgan fingerprint density at radius 1 is 1.05 bits per heavy atom. The molecule has 0 unspecified atom stereocenters. The summed E-state index contributed by atoms with van der Waals surface area (Å²) in [6, 6.07) is 17.6. The molecule has 0 amide bonds. The lowest BCUT2D eigenvalue weighted by atomic mass is 10.1. The van der Waals surface area contributed by atoms with E-state index in [1.807, 2.05) is 12.1 Å². The van der Waals surface area contributed by atoms with Gasteiger partial charge in [0.2, 0.25) is 10.0 Å². The standard InChI is InChI=1S/C15H14N2O2S/c1-17(15-9-3-2-4-10-15)20(18,19)12-14-8-6-5-7-13(14)11-16/h2-10H,12H2,1H3. The molecule has 0 saturated heterocycles. The Morgan fingerprint density at radius 3 is 2.30 bits per heavy atom. The Bertz CT molecular complexity index is 734. The predicted molar refractivity (Wildman–Crippen MR) is 78.6 cm³/mol. The van der Waals surface area contributed by atoms with Gasteiger partial charge in [-0.15, -0.1) is 0 Å². The van der Waals surface area contributed by atoms with Crippen LogP contribution in [0, 0.1) is 11.3 Å². The van der Waals surface area contributed by atoms with Crippen molar-refractivity contribution in [1.82, 2.24) is 0 Å². The number of sulfonamides is 1. The fraction of sp³-hybridized carbons (Fsp3) is 0.133. The van der Waals surface area contributed by atoms with Gasteiger partial charge < -0.3 is 0 Å². The van der Waals surface area contributed by atoms with E-state index in [1.165, 1.54) is 11.4 Å². The van der Waals surface area contributed by atoms with Gasteiger partial charge in [0.1, 0.15) is 0 Å². The van der Waals surface area contributed by atoms with Gasteiger partial charge in [-0.2, -0.15) is 5.26 Å². The van der Waals surface area contributed by atoms with Crippen LogP contribution in [0.25, 0.3) is 0 Å². The lowest BCUT2D eigenvalue weighted by Gasteiger charge is -2.19. The Kier molecular flexibility index (Phi) is 4.06. The highest BCUT2D eigenvalue weighted by Crippen LogP contribution is 2.19. The van der Waals surface area contributed by atoms with Gasteiger partial charge in [0.05, 0.1) is 23.1 Å². The first-order valence-electron chi connectivity index (χ1n) is 6.04. The van der Waals surface area contributed by atoms with Crippen molar-refractivity contribution < 1.29 is 8.42 Å². The summed E-state index contributed by atoms with van der Waals surface area (Å²) in [6.45, 7) is 0. The summed E-state index contributed by atoms with van der Waals surface area (Å²) < 4.78 is 26.0. The van der Waals surface area contributed by atoms with Gasteiger partial charge in [-0.25, -0.2) is 8.42 Å². The Morgan fingerprint density at radius 2 is 1.65 bits per heavy atom. The first-order chi connectivity index (χ1) is 9.54. The van der Waals surface area contributed by atoms with Crippen LogP contribution in [0.2, 0.25) is 0 Å². The van der Waals surface area contributed by atoms with Gasteiger partial charge in [0.25, 0.3) is 0 Å². The van der Waals surface area contributed by atoms with Crippen LogP contribution in [-0.2, 0) is 15.8 Å². The third kappa shape index (κ3) is 2.98. The van der Waals surface area contributed by atoms with Crippen LogP contribution in [0.15, 0.2) is 54.6 Å². The van der Waals surface area contributed by atoms with Crippen molar-refractivity contribution in [3.63, 3.8) is 0 Å². The molecule has 0 aromatic heterocycles. The van der Waals surface area contributed by atoms with E-state index < -0.39 is 10.0 Å². The van der Waals surface area contributed by atoms with Crippen molar-refractivity contribution in [2.24, 2.45) is 0 Å². The van der Waals surface area contributed by atoms with Crippen LogP contribution < -0.4 is 4.31 Å². The Hall–Kier alpha value is -2.32. The number of nitrogens with zero attached hydrogens (tertiary/aromatic N) is 2. The average Bonchev–Trinajstić information content (AvgIpc) is 2.47. The van der Waals surface area contributed by atoms with E-state index in [9.17, 15) is 8.42 Å². The fourth-order valence-corrected chi connectivity index (χ4v) is 3.13. The zero-order chi connectivity index (χ0) is 14.6. The Balaban J connectivity index is 2.31. The van der Waals surface area contributed by atoms with Crippen LogP contribution in [-0.4, -0.2) is 15.5 Å². The van der Waals surface area contributed by atoms with Crippen molar-refractivity contribution >= 4 is 15.7 Å². The molecule has 2 aromatic rings. The minimum atomic E-state index is -3.52. The molecular formula is C15H14N2O2S. The number of para-hydroxylation sites is 1. The first kappa shape index (κ1) is 14.1. The van der Waals surface area contributed by atoms with Crippen LogP contribution in [0.5, 0.6) is 0 Å². The normalized spacial score (nSPS) is 10.8. The van der Waals surface area contributed by atoms with Gasteiger partial charge in [-0.1, -0.05) is 36.4 Å².